The molecule has 0 aliphatic rings. The Hall–Kier alpha value is -0.280. The molecule has 0 aliphatic heterocycles. The smallest absolute Gasteiger partial charge is 0.164 e. The molecule has 3 unspecified atom stereocenters. The van der Waals surface area contributed by atoms with Gasteiger partial charge in [-0.2, -0.15) is 9.85 Å². The minimum absolute atomic E-state index is 0.386. The van der Waals surface area contributed by atoms with E-state index in [1.807, 2.05) is 9.47 Å². The molecule has 0 saturated heterocycles. The standard InChI is InChI=1S/C6H10N2O3P2/c9-8(11-13)6-3-1-5(2-4-6)7-10-12/h1-4,7-8H,12-13H2. The van der Waals surface area contributed by atoms with Gasteiger partial charge in [0.2, 0.25) is 0 Å². The lowest BCUT2D eigenvalue weighted by Crippen LogP contribution is -2.99. The molecule has 1 rings (SSSR count). The first-order valence-corrected chi connectivity index (χ1v) is 4.35. The Morgan fingerprint density at radius 1 is 1.23 bits per heavy atom. The average molecular weight is 220 g/mol. The molecule has 0 fully saturated rings. The van der Waals surface area contributed by atoms with Crippen molar-refractivity contribution in [2.45, 2.75) is 0 Å². The Balaban J connectivity index is 2.69. The molecule has 0 amide bonds. The molecule has 0 aromatic heterocycles. The van der Waals surface area contributed by atoms with Gasteiger partial charge in [0.25, 0.3) is 0 Å². The summed E-state index contributed by atoms with van der Waals surface area (Å²) < 4.78 is 9.06. The van der Waals surface area contributed by atoms with Gasteiger partial charge in [0.05, 0.1) is 15.2 Å². The van der Waals surface area contributed by atoms with Crippen LogP contribution in [0.4, 0.5) is 11.4 Å². The lowest BCUT2D eigenvalue weighted by atomic mass is 10.3. The molecule has 0 aliphatic carbocycles. The highest BCUT2D eigenvalue weighted by atomic mass is 31.0. The van der Waals surface area contributed by atoms with Crippen LogP contribution < -0.4 is 10.7 Å². The van der Waals surface area contributed by atoms with Crippen molar-refractivity contribution in [3.63, 3.8) is 0 Å². The molecule has 3 atom stereocenters. The summed E-state index contributed by atoms with van der Waals surface area (Å²) in [6.45, 7) is 0. The Morgan fingerprint density at radius 2 is 1.85 bits per heavy atom. The third kappa shape index (κ3) is 3.16. The third-order valence-corrected chi connectivity index (χ3v) is 1.74. The summed E-state index contributed by atoms with van der Waals surface area (Å²) >= 11 is 0. The second-order valence-electron chi connectivity index (χ2n) is 2.20. The van der Waals surface area contributed by atoms with Crippen LogP contribution in [0, 0.1) is 5.21 Å². The molecule has 1 aromatic carbocycles. The fourth-order valence-electron chi connectivity index (χ4n) is 0.810. The topological polar surface area (TPSA) is 58.0 Å². The van der Waals surface area contributed by atoms with Crippen LogP contribution in [0.1, 0.15) is 0 Å². The van der Waals surface area contributed by atoms with Gasteiger partial charge in [-0.3, -0.25) is 10.1 Å². The van der Waals surface area contributed by atoms with Crippen LogP contribution in [0.3, 0.4) is 0 Å². The zero-order chi connectivity index (χ0) is 9.68. The predicted molar refractivity (Wildman–Crippen MR) is 55.6 cm³/mol. The minimum Gasteiger partial charge on any atom is -0.594 e. The summed E-state index contributed by atoms with van der Waals surface area (Å²) in [4.78, 5) is 0. The molecule has 7 heteroatoms. The summed E-state index contributed by atoms with van der Waals surface area (Å²) in [6, 6.07) is 6.69. The Morgan fingerprint density at radius 3 is 2.31 bits per heavy atom. The molecular weight excluding hydrogens is 210 g/mol. The first-order valence-electron chi connectivity index (χ1n) is 3.41. The second kappa shape index (κ2) is 5.45. The van der Waals surface area contributed by atoms with Gasteiger partial charge in [-0.05, 0) is 12.1 Å². The lowest BCUT2D eigenvalue weighted by Gasteiger charge is -2.16. The first-order chi connectivity index (χ1) is 6.27. The summed E-state index contributed by atoms with van der Waals surface area (Å²) in [7, 11) is 3.97. The molecule has 5 nitrogen and oxygen atoms in total. The number of anilines is 1. The predicted octanol–water partition coefficient (Wildman–Crippen LogP) is 0.556. The van der Waals surface area contributed by atoms with E-state index >= 15 is 0 Å². The maximum absolute atomic E-state index is 11.0. The molecule has 0 heterocycles. The average Bonchev–Trinajstić information content (AvgIpc) is 2.18. The van der Waals surface area contributed by atoms with Crippen LogP contribution in [0.15, 0.2) is 24.3 Å². The van der Waals surface area contributed by atoms with Crippen molar-refractivity contribution in [2.24, 2.45) is 0 Å². The number of nitrogens with one attached hydrogen (secondary N) is 2. The van der Waals surface area contributed by atoms with Crippen LogP contribution in [0.25, 0.3) is 0 Å². The monoisotopic (exact) mass is 220 g/mol. The summed E-state index contributed by atoms with van der Waals surface area (Å²) in [5.74, 6) is 0. The highest BCUT2D eigenvalue weighted by molar-refractivity contribution is 7.09. The molecule has 0 radical (unpaired) electrons. The van der Waals surface area contributed by atoms with E-state index in [1.165, 1.54) is 0 Å². The molecule has 2 N–H and O–H groups in total. The van der Waals surface area contributed by atoms with Gasteiger partial charge in [0.15, 0.2) is 5.69 Å². The molecule has 1 aromatic rings. The second-order valence-corrected chi connectivity index (χ2v) is 2.67. The highest BCUT2D eigenvalue weighted by Gasteiger charge is 2.00. The van der Waals surface area contributed by atoms with Crippen molar-refractivity contribution in [1.82, 2.24) is 0 Å². The number of rotatable bonds is 4. The maximum atomic E-state index is 11.0. The van der Waals surface area contributed by atoms with Crippen molar-refractivity contribution >= 4 is 30.3 Å². The van der Waals surface area contributed by atoms with Gasteiger partial charge < -0.3 is 5.21 Å². The largest absolute Gasteiger partial charge is 0.594 e. The van der Waals surface area contributed by atoms with Crippen molar-refractivity contribution in [2.75, 3.05) is 5.48 Å². The number of quaternary nitrogens is 1. The van der Waals surface area contributed by atoms with E-state index in [9.17, 15) is 5.21 Å². The molecule has 0 bridgehead atoms. The lowest BCUT2D eigenvalue weighted by molar-refractivity contribution is -0.963. The Labute approximate surface area is 80.5 Å². The van der Waals surface area contributed by atoms with Crippen LogP contribution in [-0.2, 0) is 9.25 Å². The molecule has 72 valence electrons. The zero-order valence-corrected chi connectivity index (χ0v) is 9.00. The van der Waals surface area contributed by atoms with E-state index < -0.39 is 0 Å². The van der Waals surface area contributed by atoms with Gasteiger partial charge >= 0.3 is 0 Å². The molecule has 0 spiro atoms. The van der Waals surface area contributed by atoms with E-state index in [-0.39, 0.29) is 5.23 Å². The van der Waals surface area contributed by atoms with Crippen LogP contribution in [0.5, 0.6) is 0 Å². The summed E-state index contributed by atoms with van der Waals surface area (Å²) in [5.41, 5.74) is 3.85. The van der Waals surface area contributed by atoms with Gasteiger partial charge in [-0.25, -0.2) is 0 Å². The quantitative estimate of drug-likeness (QED) is 0.574. The third-order valence-electron chi connectivity index (χ3n) is 1.40. The van der Waals surface area contributed by atoms with Crippen molar-refractivity contribution in [1.29, 1.82) is 0 Å². The van der Waals surface area contributed by atoms with E-state index in [0.29, 0.717) is 5.69 Å². The maximum Gasteiger partial charge on any atom is 0.164 e. The molecule has 0 saturated carbocycles. The number of benzene rings is 1. The zero-order valence-electron chi connectivity index (χ0n) is 6.69. The van der Waals surface area contributed by atoms with Gasteiger partial charge in [-0.1, -0.05) is 0 Å². The Bertz CT molecular complexity index is 257. The number of hydrogen-bond donors (Lipinski definition) is 2. The highest BCUT2D eigenvalue weighted by Crippen LogP contribution is 2.11. The summed E-state index contributed by atoms with van der Waals surface area (Å²) in [6.07, 6.45) is 0. The number of hydrogen-bond acceptors (Lipinski definition) is 4. The van der Waals surface area contributed by atoms with Crippen molar-refractivity contribution < 1.29 is 14.5 Å². The van der Waals surface area contributed by atoms with Crippen LogP contribution in [0.2, 0.25) is 0 Å². The fourth-order valence-corrected chi connectivity index (χ4v) is 1.08. The molecular formula is C6H10N2O3P2. The Kier molecular flexibility index (Phi) is 4.53. The van der Waals surface area contributed by atoms with Crippen LogP contribution in [-0.4, -0.2) is 0 Å². The van der Waals surface area contributed by atoms with Crippen molar-refractivity contribution in [3.8, 4) is 0 Å². The van der Waals surface area contributed by atoms with E-state index in [0.717, 1.165) is 5.69 Å². The minimum atomic E-state index is -0.386. The van der Waals surface area contributed by atoms with E-state index in [4.69, 9.17) is 0 Å². The van der Waals surface area contributed by atoms with Gasteiger partial charge in [0.1, 0.15) is 0 Å². The normalized spacial score (nSPS) is 12.5. The van der Waals surface area contributed by atoms with E-state index in [1.54, 1.807) is 24.3 Å². The van der Waals surface area contributed by atoms with Crippen molar-refractivity contribution in [3.05, 3.63) is 29.5 Å². The van der Waals surface area contributed by atoms with Gasteiger partial charge in [0, 0.05) is 21.6 Å². The summed E-state index contributed by atoms with van der Waals surface area (Å²) in [5, 5.41) is 10.6. The first kappa shape index (κ1) is 10.8. The fraction of sp³-hybridized carbons (Fsp3) is 0. The van der Waals surface area contributed by atoms with Crippen LogP contribution >= 0.6 is 18.9 Å². The van der Waals surface area contributed by atoms with E-state index in [2.05, 4.69) is 24.2 Å². The SMILES string of the molecule is [O-][NH+](OP)c1ccc(NOP)cc1. The van der Waals surface area contributed by atoms with Gasteiger partial charge in [-0.15, -0.1) is 0 Å². The molecule has 13 heavy (non-hydrogen) atoms.